The van der Waals surface area contributed by atoms with E-state index in [2.05, 4.69) is 9.97 Å². The Kier molecular flexibility index (Phi) is 5.72. The number of aryl methyl sites for hydroxylation is 1. The molecule has 2 aromatic rings. The summed E-state index contributed by atoms with van der Waals surface area (Å²) < 4.78 is 5.19. The summed E-state index contributed by atoms with van der Waals surface area (Å²) >= 11 is 5.69. The molecular formula is C17H16ClN3O3. The van der Waals surface area contributed by atoms with E-state index in [1.165, 1.54) is 0 Å². The molecule has 0 unspecified atom stereocenters. The maximum absolute atomic E-state index is 11.9. The number of halogens is 1. The molecule has 2 rings (SSSR count). The zero-order chi connectivity index (χ0) is 17.7. The largest absolute Gasteiger partial charge is 0.461 e. The fourth-order valence-electron chi connectivity index (χ4n) is 2.38. The predicted molar refractivity (Wildman–Crippen MR) is 88.6 cm³/mol. The van der Waals surface area contributed by atoms with Crippen molar-refractivity contribution in [2.75, 3.05) is 0 Å². The second-order valence-corrected chi connectivity index (χ2v) is 5.71. The van der Waals surface area contributed by atoms with Gasteiger partial charge in [0.1, 0.15) is 23.4 Å². The molecule has 124 valence electrons. The number of carbonyl (C=O) groups is 1. The van der Waals surface area contributed by atoms with Crippen LogP contribution in [0.25, 0.3) is 0 Å². The maximum atomic E-state index is 11.9. The summed E-state index contributed by atoms with van der Waals surface area (Å²) in [7, 11) is 0. The standard InChI is InChI=1S/C17H16ClN3O3/c1-10-13(11(2)21-17(23)14(10)7-19)4-6-16(22)24-9-12-3-5-15(18)20-8-12/h3,5,8H,4,6,9H2,1-2H3,(H,21,23). The molecule has 2 heterocycles. The van der Waals surface area contributed by atoms with Gasteiger partial charge in [0.15, 0.2) is 0 Å². The molecule has 0 aliphatic heterocycles. The Bertz CT molecular complexity index is 851. The van der Waals surface area contributed by atoms with Gasteiger partial charge in [-0.1, -0.05) is 17.7 Å². The van der Waals surface area contributed by atoms with Crippen molar-refractivity contribution >= 4 is 17.6 Å². The second-order valence-electron chi connectivity index (χ2n) is 5.32. The van der Waals surface area contributed by atoms with Gasteiger partial charge < -0.3 is 9.72 Å². The number of carbonyl (C=O) groups excluding carboxylic acids is 1. The van der Waals surface area contributed by atoms with Crippen molar-refractivity contribution in [1.29, 1.82) is 5.26 Å². The lowest BCUT2D eigenvalue weighted by molar-refractivity contribution is -0.144. The number of ether oxygens (including phenoxy) is 1. The van der Waals surface area contributed by atoms with Crippen LogP contribution in [0.1, 0.15) is 34.4 Å². The molecule has 7 heteroatoms. The molecule has 0 amide bonds. The second kappa shape index (κ2) is 7.75. The van der Waals surface area contributed by atoms with Crippen molar-refractivity contribution in [3.63, 3.8) is 0 Å². The molecule has 0 fully saturated rings. The highest BCUT2D eigenvalue weighted by atomic mass is 35.5. The number of rotatable bonds is 5. The molecule has 0 bridgehead atoms. The molecule has 1 N–H and O–H groups in total. The summed E-state index contributed by atoms with van der Waals surface area (Å²) in [6.07, 6.45) is 2.09. The number of pyridine rings is 2. The number of H-pyrrole nitrogens is 1. The van der Waals surface area contributed by atoms with Crippen LogP contribution >= 0.6 is 11.6 Å². The van der Waals surface area contributed by atoms with Gasteiger partial charge in [-0.3, -0.25) is 9.59 Å². The molecule has 2 aromatic heterocycles. The molecule has 0 atom stereocenters. The van der Waals surface area contributed by atoms with Crippen molar-refractivity contribution in [1.82, 2.24) is 9.97 Å². The van der Waals surface area contributed by atoms with Gasteiger partial charge in [0, 0.05) is 23.9 Å². The molecular weight excluding hydrogens is 330 g/mol. The number of nitrogens with zero attached hydrogens (tertiary/aromatic N) is 2. The first-order valence-electron chi connectivity index (χ1n) is 7.31. The summed E-state index contributed by atoms with van der Waals surface area (Å²) in [5, 5.41) is 9.42. The Hall–Kier alpha value is -2.65. The maximum Gasteiger partial charge on any atom is 0.306 e. The number of hydrogen-bond donors (Lipinski definition) is 1. The van der Waals surface area contributed by atoms with E-state index < -0.39 is 5.56 Å². The predicted octanol–water partition coefficient (Wildman–Crippen LogP) is 2.59. The Morgan fingerprint density at radius 2 is 2.17 bits per heavy atom. The van der Waals surface area contributed by atoms with Crippen LogP contribution in [0.3, 0.4) is 0 Å². The number of aromatic nitrogens is 2. The molecule has 0 aliphatic rings. The van der Waals surface area contributed by atoms with E-state index in [4.69, 9.17) is 21.6 Å². The van der Waals surface area contributed by atoms with Crippen molar-refractivity contribution in [2.24, 2.45) is 0 Å². The zero-order valence-electron chi connectivity index (χ0n) is 13.4. The summed E-state index contributed by atoms with van der Waals surface area (Å²) in [5.41, 5.74) is 2.47. The summed E-state index contributed by atoms with van der Waals surface area (Å²) in [5.74, 6) is -0.367. The lowest BCUT2D eigenvalue weighted by Gasteiger charge is -2.10. The summed E-state index contributed by atoms with van der Waals surface area (Å²) in [6.45, 7) is 3.58. The fraction of sp³-hybridized carbons (Fsp3) is 0.294. The lowest BCUT2D eigenvalue weighted by Crippen LogP contribution is -2.17. The Balaban J connectivity index is 1.98. The molecule has 0 aliphatic carbocycles. The van der Waals surface area contributed by atoms with Crippen molar-refractivity contribution < 1.29 is 9.53 Å². The van der Waals surface area contributed by atoms with E-state index in [0.29, 0.717) is 22.8 Å². The van der Waals surface area contributed by atoms with Crippen LogP contribution < -0.4 is 5.56 Å². The van der Waals surface area contributed by atoms with E-state index in [-0.39, 0.29) is 24.6 Å². The van der Waals surface area contributed by atoms with Gasteiger partial charge in [0.25, 0.3) is 5.56 Å². The highest BCUT2D eigenvalue weighted by Gasteiger charge is 2.14. The van der Waals surface area contributed by atoms with Gasteiger partial charge in [0.05, 0.1) is 0 Å². The number of hydrogen-bond acceptors (Lipinski definition) is 5. The van der Waals surface area contributed by atoms with Gasteiger partial charge in [-0.2, -0.15) is 5.26 Å². The van der Waals surface area contributed by atoms with Crippen LogP contribution in [0.5, 0.6) is 0 Å². The number of esters is 1. The average molecular weight is 346 g/mol. The third-order valence-electron chi connectivity index (χ3n) is 3.69. The molecule has 0 aromatic carbocycles. The third-order valence-corrected chi connectivity index (χ3v) is 3.91. The minimum Gasteiger partial charge on any atom is -0.461 e. The van der Waals surface area contributed by atoms with E-state index in [1.807, 2.05) is 6.07 Å². The van der Waals surface area contributed by atoms with E-state index in [1.54, 1.807) is 32.2 Å². The third kappa shape index (κ3) is 4.21. The van der Waals surface area contributed by atoms with Gasteiger partial charge in [-0.25, -0.2) is 4.98 Å². The van der Waals surface area contributed by atoms with Crippen LogP contribution in [0, 0.1) is 25.2 Å². The van der Waals surface area contributed by atoms with Crippen LogP contribution in [0.15, 0.2) is 23.1 Å². The monoisotopic (exact) mass is 345 g/mol. The minimum atomic E-state index is -0.408. The van der Waals surface area contributed by atoms with Crippen LogP contribution in [-0.4, -0.2) is 15.9 Å². The van der Waals surface area contributed by atoms with Gasteiger partial charge in [0.2, 0.25) is 0 Å². The van der Waals surface area contributed by atoms with Crippen molar-refractivity contribution in [3.05, 3.63) is 61.8 Å². The molecule has 0 radical (unpaired) electrons. The molecule has 24 heavy (non-hydrogen) atoms. The van der Waals surface area contributed by atoms with Crippen molar-refractivity contribution in [2.45, 2.75) is 33.3 Å². The number of nitrogens with one attached hydrogen (secondary N) is 1. The van der Waals surface area contributed by atoms with Gasteiger partial charge >= 0.3 is 5.97 Å². The smallest absolute Gasteiger partial charge is 0.306 e. The quantitative estimate of drug-likeness (QED) is 0.663. The van der Waals surface area contributed by atoms with E-state index in [0.717, 1.165) is 11.1 Å². The lowest BCUT2D eigenvalue weighted by atomic mass is 9.99. The highest BCUT2D eigenvalue weighted by molar-refractivity contribution is 6.29. The van der Waals surface area contributed by atoms with E-state index >= 15 is 0 Å². The first-order valence-corrected chi connectivity index (χ1v) is 7.68. The number of nitriles is 1. The summed E-state index contributed by atoms with van der Waals surface area (Å²) in [4.78, 5) is 30.1. The van der Waals surface area contributed by atoms with Crippen LogP contribution in [0.4, 0.5) is 0 Å². The SMILES string of the molecule is Cc1[nH]c(=O)c(C#N)c(C)c1CCC(=O)OCc1ccc(Cl)nc1. The molecule has 0 spiro atoms. The Morgan fingerprint density at radius 1 is 1.42 bits per heavy atom. The number of aromatic amines is 1. The Morgan fingerprint density at radius 3 is 2.79 bits per heavy atom. The van der Waals surface area contributed by atoms with E-state index in [9.17, 15) is 9.59 Å². The van der Waals surface area contributed by atoms with Crippen LogP contribution in [-0.2, 0) is 22.6 Å². The summed E-state index contributed by atoms with van der Waals surface area (Å²) in [6, 6.07) is 5.25. The molecule has 6 nitrogen and oxygen atoms in total. The first-order chi connectivity index (χ1) is 11.4. The normalized spacial score (nSPS) is 10.2. The fourth-order valence-corrected chi connectivity index (χ4v) is 2.49. The molecule has 0 saturated heterocycles. The zero-order valence-corrected chi connectivity index (χ0v) is 14.1. The Labute approximate surface area is 144 Å². The first kappa shape index (κ1) is 17.7. The highest BCUT2D eigenvalue weighted by Crippen LogP contribution is 2.15. The van der Waals surface area contributed by atoms with Crippen molar-refractivity contribution in [3.8, 4) is 6.07 Å². The van der Waals surface area contributed by atoms with Gasteiger partial charge in [-0.15, -0.1) is 0 Å². The average Bonchev–Trinajstić information content (AvgIpc) is 2.54. The topological polar surface area (TPSA) is 95.8 Å². The molecule has 0 saturated carbocycles. The minimum absolute atomic E-state index is 0.0798. The van der Waals surface area contributed by atoms with Crippen LogP contribution in [0.2, 0.25) is 5.15 Å². The van der Waals surface area contributed by atoms with Gasteiger partial charge in [-0.05, 0) is 37.5 Å².